The summed E-state index contributed by atoms with van der Waals surface area (Å²) in [7, 11) is 1.12. The Morgan fingerprint density at radius 2 is 1.59 bits per heavy atom. The third-order valence-electron chi connectivity index (χ3n) is 9.02. The molecule has 1 aromatic heterocycles. The Kier molecular flexibility index (Phi) is 16.4. The number of carbonyl (C=O) groups is 5. The van der Waals surface area contributed by atoms with E-state index in [0.717, 1.165) is 17.6 Å². The number of nitrogens with zero attached hydrogens (tertiary/aromatic N) is 3. The molecule has 3 rings (SSSR count). The van der Waals surface area contributed by atoms with Gasteiger partial charge in [-0.25, -0.2) is 9.78 Å². The SMILES string of the molecule is CC[C@H](C)[C@@H](C(=O)OC)N(C(=O)CC(O)[C@@H](N)Cc1ccc([N+](=O)[O-])cc1)C(=O)[C@H](Cc1c[nH]cn1)NC(=O)[C@H](Cc1ccccc1)NC(=O)CC(C)C. The van der Waals surface area contributed by atoms with Gasteiger partial charge in [-0.15, -0.1) is 0 Å². The fourth-order valence-corrected chi connectivity index (χ4v) is 5.88. The molecule has 0 aliphatic carbocycles. The second-order valence-corrected chi connectivity index (χ2v) is 13.8. The summed E-state index contributed by atoms with van der Waals surface area (Å²) >= 11 is 0. The number of rotatable bonds is 20. The van der Waals surface area contributed by atoms with E-state index >= 15 is 0 Å². The third kappa shape index (κ3) is 12.6. The number of nitrogens with two attached hydrogens (primary N) is 1. The summed E-state index contributed by atoms with van der Waals surface area (Å²) in [6, 6.07) is 9.49. The maximum absolute atomic E-state index is 14.7. The van der Waals surface area contributed by atoms with Crippen LogP contribution in [-0.2, 0) is 48.0 Å². The van der Waals surface area contributed by atoms with Gasteiger partial charge in [-0.2, -0.15) is 0 Å². The molecule has 4 amide bonds. The third-order valence-corrected chi connectivity index (χ3v) is 9.02. The van der Waals surface area contributed by atoms with Crippen LogP contribution in [0.5, 0.6) is 0 Å². The van der Waals surface area contributed by atoms with Crippen LogP contribution in [0, 0.1) is 22.0 Å². The monoisotopic (exact) mass is 749 g/mol. The molecular formula is C38H51N7O9. The minimum atomic E-state index is -1.51. The van der Waals surface area contributed by atoms with Crippen molar-refractivity contribution in [3.63, 3.8) is 0 Å². The Labute approximate surface area is 314 Å². The lowest BCUT2D eigenvalue weighted by atomic mass is 9.94. The highest BCUT2D eigenvalue weighted by atomic mass is 16.6. The molecule has 0 aliphatic rings. The summed E-state index contributed by atoms with van der Waals surface area (Å²) in [6.07, 6.45) is 1.12. The number of H-pyrrole nitrogens is 1. The minimum absolute atomic E-state index is 0.00686. The van der Waals surface area contributed by atoms with Crippen LogP contribution in [0.2, 0.25) is 0 Å². The van der Waals surface area contributed by atoms with E-state index < -0.39 is 71.2 Å². The average Bonchev–Trinajstić information content (AvgIpc) is 3.65. The maximum atomic E-state index is 14.7. The first kappa shape index (κ1) is 42.9. The number of aromatic amines is 1. The molecule has 0 radical (unpaired) electrons. The highest BCUT2D eigenvalue weighted by Gasteiger charge is 2.43. The van der Waals surface area contributed by atoms with Crippen LogP contribution in [0.15, 0.2) is 67.1 Å². The van der Waals surface area contributed by atoms with Gasteiger partial charge in [0.2, 0.25) is 17.7 Å². The number of nitro groups is 1. The fourth-order valence-electron chi connectivity index (χ4n) is 5.88. The topological polar surface area (TPSA) is 240 Å². The van der Waals surface area contributed by atoms with Gasteiger partial charge in [0.25, 0.3) is 11.6 Å². The number of nitro benzene ring substituents is 1. The quantitative estimate of drug-likeness (QED) is 0.0638. The van der Waals surface area contributed by atoms with Gasteiger partial charge in [-0.3, -0.25) is 34.2 Å². The van der Waals surface area contributed by atoms with E-state index in [-0.39, 0.29) is 43.2 Å². The standard InChI is InChI=1S/C38H51N7O9/c1-6-24(4)35(38(51)54-5)44(34(48)20-32(46)29(39)17-26-12-14-28(15-13-26)45(52)53)37(50)31(19-27-21-40-22-41-27)43-36(49)30(42-33(47)16-23(2)3)18-25-10-8-7-9-11-25/h7-15,21-24,29-32,35,46H,6,16-20,39H2,1-5H3,(H,40,41)(H,42,47)(H,43,49)/t24-,29-,30-,31-,32?,35-/m0/s1. The van der Waals surface area contributed by atoms with E-state index in [4.69, 9.17) is 10.5 Å². The average molecular weight is 750 g/mol. The molecule has 6 atom stereocenters. The molecular weight excluding hydrogens is 698 g/mol. The molecule has 0 fully saturated rings. The lowest BCUT2D eigenvalue weighted by molar-refractivity contribution is -0.384. The van der Waals surface area contributed by atoms with Crippen molar-refractivity contribution in [1.29, 1.82) is 0 Å². The number of benzene rings is 2. The molecule has 54 heavy (non-hydrogen) atoms. The van der Waals surface area contributed by atoms with E-state index in [2.05, 4.69) is 20.6 Å². The number of aliphatic hydroxyl groups is 1. The van der Waals surface area contributed by atoms with Gasteiger partial charge >= 0.3 is 5.97 Å². The zero-order chi connectivity index (χ0) is 39.9. The lowest BCUT2D eigenvalue weighted by Gasteiger charge is -2.35. The Morgan fingerprint density at radius 3 is 2.15 bits per heavy atom. The number of hydrogen-bond acceptors (Lipinski definition) is 11. The summed E-state index contributed by atoms with van der Waals surface area (Å²) in [4.78, 5) is 87.4. The number of ether oxygens (including phenoxy) is 1. The first-order valence-corrected chi connectivity index (χ1v) is 17.9. The van der Waals surface area contributed by atoms with Gasteiger partial charge in [-0.1, -0.05) is 76.6 Å². The van der Waals surface area contributed by atoms with Crippen molar-refractivity contribution < 1.29 is 38.7 Å². The van der Waals surface area contributed by atoms with Crippen molar-refractivity contribution >= 4 is 35.3 Å². The lowest BCUT2D eigenvalue weighted by Crippen LogP contribution is -2.61. The molecule has 1 heterocycles. The molecule has 0 spiro atoms. The summed E-state index contributed by atoms with van der Waals surface area (Å²) in [6.45, 7) is 7.15. The van der Waals surface area contributed by atoms with Gasteiger partial charge in [-0.05, 0) is 29.4 Å². The molecule has 0 saturated carbocycles. The summed E-state index contributed by atoms with van der Waals surface area (Å²) in [5.74, 6) is -4.48. The number of imidazole rings is 1. The molecule has 16 heteroatoms. The Balaban J connectivity index is 1.99. The molecule has 292 valence electrons. The van der Waals surface area contributed by atoms with Crippen LogP contribution < -0.4 is 16.4 Å². The predicted molar refractivity (Wildman–Crippen MR) is 198 cm³/mol. The van der Waals surface area contributed by atoms with E-state index in [1.54, 1.807) is 38.1 Å². The van der Waals surface area contributed by atoms with Crippen molar-refractivity contribution in [3.05, 3.63) is 94.1 Å². The van der Waals surface area contributed by atoms with Crippen molar-refractivity contribution in [1.82, 2.24) is 25.5 Å². The smallest absolute Gasteiger partial charge is 0.329 e. The van der Waals surface area contributed by atoms with Gasteiger partial charge in [0.05, 0.1) is 36.6 Å². The van der Waals surface area contributed by atoms with Crippen molar-refractivity contribution in [2.24, 2.45) is 17.6 Å². The summed E-state index contributed by atoms with van der Waals surface area (Å²) in [5, 5.41) is 27.7. The first-order valence-electron chi connectivity index (χ1n) is 17.9. The van der Waals surface area contributed by atoms with Gasteiger partial charge in [0.1, 0.15) is 18.1 Å². The molecule has 0 aliphatic heterocycles. The zero-order valence-electron chi connectivity index (χ0n) is 31.3. The number of methoxy groups -OCH3 is 1. The van der Waals surface area contributed by atoms with Crippen molar-refractivity contribution in [2.45, 2.75) is 96.5 Å². The van der Waals surface area contributed by atoms with Crippen LogP contribution in [-0.4, -0.2) is 91.9 Å². The predicted octanol–water partition coefficient (Wildman–Crippen LogP) is 2.38. The van der Waals surface area contributed by atoms with Gasteiger partial charge in [0, 0.05) is 43.6 Å². The number of amides is 4. The van der Waals surface area contributed by atoms with E-state index in [0.29, 0.717) is 17.7 Å². The minimum Gasteiger partial charge on any atom is -0.467 e. The number of hydrogen-bond donors (Lipinski definition) is 5. The molecule has 1 unspecified atom stereocenters. The van der Waals surface area contributed by atoms with Crippen LogP contribution in [0.3, 0.4) is 0 Å². The zero-order valence-corrected chi connectivity index (χ0v) is 31.3. The van der Waals surface area contributed by atoms with Gasteiger partial charge < -0.3 is 31.2 Å². The summed E-state index contributed by atoms with van der Waals surface area (Å²) in [5.41, 5.74) is 7.80. The first-order chi connectivity index (χ1) is 25.6. The number of non-ortho nitro benzene ring substituents is 1. The largest absolute Gasteiger partial charge is 0.467 e. The van der Waals surface area contributed by atoms with E-state index in [1.807, 2.05) is 19.9 Å². The number of carbonyl (C=O) groups excluding carboxylic acids is 5. The van der Waals surface area contributed by atoms with Crippen LogP contribution >= 0.6 is 0 Å². The normalized spacial score (nSPS) is 14.5. The molecule has 0 bridgehead atoms. The number of esters is 1. The van der Waals surface area contributed by atoms with Crippen molar-refractivity contribution in [2.75, 3.05) is 7.11 Å². The van der Waals surface area contributed by atoms with Crippen LogP contribution in [0.4, 0.5) is 5.69 Å². The molecule has 3 aromatic rings. The Hall–Kier alpha value is -5.48. The number of imide groups is 1. The fraction of sp³-hybridized carbons (Fsp3) is 0.474. The number of aromatic nitrogens is 2. The Morgan fingerprint density at radius 1 is 0.944 bits per heavy atom. The number of nitrogens with one attached hydrogen (secondary N) is 3. The molecule has 0 saturated heterocycles. The summed E-state index contributed by atoms with van der Waals surface area (Å²) < 4.78 is 5.05. The second-order valence-electron chi connectivity index (χ2n) is 13.8. The highest BCUT2D eigenvalue weighted by Crippen LogP contribution is 2.22. The van der Waals surface area contributed by atoms with Crippen LogP contribution in [0.25, 0.3) is 0 Å². The molecule has 2 aromatic carbocycles. The highest BCUT2D eigenvalue weighted by molar-refractivity contribution is 6.03. The Bertz CT molecular complexity index is 1700. The van der Waals surface area contributed by atoms with E-state index in [9.17, 15) is 39.2 Å². The number of aliphatic hydroxyl groups excluding tert-OH is 1. The maximum Gasteiger partial charge on any atom is 0.329 e. The second kappa shape index (κ2) is 20.7. The molecule has 6 N–H and O–H groups in total. The van der Waals surface area contributed by atoms with Gasteiger partial charge in [0.15, 0.2) is 0 Å². The van der Waals surface area contributed by atoms with Crippen molar-refractivity contribution in [3.8, 4) is 0 Å². The van der Waals surface area contributed by atoms with Crippen LogP contribution in [0.1, 0.15) is 63.8 Å². The molecule has 16 nitrogen and oxygen atoms in total. The van der Waals surface area contributed by atoms with E-state index in [1.165, 1.54) is 36.8 Å².